The predicted molar refractivity (Wildman–Crippen MR) is 79.0 cm³/mol. The molecule has 1 N–H and O–H groups in total. The van der Waals surface area contributed by atoms with Crippen LogP contribution in [0.15, 0.2) is 18.2 Å². The molecule has 1 fully saturated rings. The number of ether oxygens (including phenoxy) is 2. The summed E-state index contributed by atoms with van der Waals surface area (Å²) in [7, 11) is 0. The second-order valence-corrected chi connectivity index (χ2v) is 4.36. The molecule has 2 rings (SSSR count). The fourth-order valence-electron chi connectivity index (χ4n) is 1.72. The van der Waals surface area contributed by atoms with Gasteiger partial charge in [0.25, 0.3) is 0 Å². The number of terminal acetylenes is 1. The Morgan fingerprint density at radius 3 is 2.74 bits per heavy atom. The average Bonchev–Trinajstić information content (AvgIpc) is 3.20. The Hall–Kier alpha value is -1.37. The third-order valence-corrected chi connectivity index (χ3v) is 2.79. The Balaban J connectivity index is 0.00000180. The van der Waals surface area contributed by atoms with Gasteiger partial charge in [0.1, 0.15) is 6.61 Å². The summed E-state index contributed by atoms with van der Waals surface area (Å²) in [6, 6.07) is 6.69. The molecule has 0 spiro atoms. The van der Waals surface area contributed by atoms with Crippen molar-refractivity contribution in [1.82, 2.24) is 5.32 Å². The van der Waals surface area contributed by atoms with Gasteiger partial charge in [-0.3, -0.25) is 0 Å². The number of nitrogens with one attached hydrogen (secondary N) is 1. The highest BCUT2D eigenvalue weighted by Gasteiger charge is 2.20. The van der Waals surface area contributed by atoms with Gasteiger partial charge in [-0.1, -0.05) is 12.0 Å². The van der Waals surface area contributed by atoms with Gasteiger partial charge in [0.05, 0.1) is 6.61 Å². The molecule has 0 atom stereocenters. The molecule has 1 aliphatic carbocycles. The van der Waals surface area contributed by atoms with Crippen molar-refractivity contribution in [3.05, 3.63) is 23.8 Å². The van der Waals surface area contributed by atoms with Gasteiger partial charge in [0.15, 0.2) is 11.5 Å². The molecular weight excluding hydrogens is 262 g/mol. The molecule has 1 aliphatic rings. The van der Waals surface area contributed by atoms with Crippen LogP contribution in [0.1, 0.15) is 25.3 Å². The lowest BCUT2D eigenvalue weighted by Gasteiger charge is -2.12. The van der Waals surface area contributed by atoms with Crippen LogP contribution in [-0.4, -0.2) is 19.3 Å². The zero-order valence-corrected chi connectivity index (χ0v) is 12.0. The van der Waals surface area contributed by atoms with E-state index in [1.54, 1.807) is 0 Å². The Kier molecular flexibility index (Phi) is 6.55. The van der Waals surface area contributed by atoms with Crippen LogP contribution in [0.4, 0.5) is 0 Å². The van der Waals surface area contributed by atoms with E-state index < -0.39 is 0 Å². The molecule has 19 heavy (non-hydrogen) atoms. The lowest BCUT2D eigenvalue weighted by molar-refractivity contribution is 0.299. The molecule has 0 unspecified atom stereocenters. The summed E-state index contributed by atoms with van der Waals surface area (Å²) in [5, 5.41) is 3.48. The van der Waals surface area contributed by atoms with E-state index in [4.69, 9.17) is 15.9 Å². The SMILES string of the molecule is C#CCOc1ccc(CNC2CC2)cc1OCC.Cl. The first kappa shape index (κ1) is 15.7. The van der Waals surface area contributed by atoms with E-state index in [-0.39, 0.29) is 19.0 Å². The lowest BCUT2D eigenvalue weighted by Crippen LogP contribution is -2.15. The first-order valence-electron chi connectivity index (χ1n) is 6.39. The average molecular weight is 282 g/mol. The summed E-state index contributed by atoms with van der Waals surface area (Å²) in [6.45, 7) is 3.71. The van der Waals surface area contributed by atoms with Gasteiger partial charge in [-0.15, -0.1) is 18.8 Å². The number of hydrogen-bond donors (Lipinski definition) is 1. The number of halogens is 1. The molecule has 1 aromatic carbocycles. The molecule has 0 aromatic heterocycles. The third kappa shape index (κ3) is 5.02. The van der Waals surface area contributed by atoms with Gasteiger partial charge < -0.3 is 14.8 Å². The van der Waals surface area contributed by atoms with Gasteiger partial charge in [-0.25, -0.2) is 0 Å². The largest absolute Gasteiger partial charge is 0.490 e. The van der Waals surface area contributed by atoms with E-state index in [1.165, 1.54) is 18.4 Å². The van der Waals surface area contributed by atoms with Crippen LogP contribution in [0.3, 0.4) is 0 Å². The highest BCUT2D eigenvalue weighted by molar-refractivity contribution is 5.85. The second kappa shape index (κ2) is 7.93. The minimum atomic E-state index is 0. The fraction of sp³-hybridized carbons (Fsp3) is 0.467. The van der Waals surface area contributed by atoms with E-state index in [9.17, 15) is 0 Å². The van der Waals surface area contributed by atoms with Gasteiger partial charge in [-0.05, 0) is 37.5 Å². The van der Waals surface area contributed by atoms with Crippen LogP contribution in [-0.2, 0) is 6.54 Å². The van der Waals surface area contributed by atoms with Gasteiger partial charge in [0.2, 0.25) is 0 Å². The molecule has 104 valence electrons. The van der Waals surface area contributed by atoms with E-state index in [1.807, 2.05) is 25.1 Å². The maximum Gasteiger partial charge on any atom is 0.162 e. The Morgan fingerprint density at radius 2 is 2.11 bits per heavy atom. The monoisotopic (exact) mass is 281 g/mol. The van der Waals surface area contributed by atoms with Crippen molar-refractivity contribution < 1.29 is 9.47 Å². The van der Waals surface area contributed by atoms with Crippen molar-refractivity contribution in [3.63, 3.8) is 0 Å². The van der Waals surface area contributed by atoms with Crippen molar-refractivity contribution in [2.45, 2.75) is 32.4 Å². The molecule has 0 radical (unpaired) electrons. The standard InChI is InChI=1S/C15H19NO2.ClH/c1-3-9-18-14-8-5-12(10-15(14)17-4-2)11-16-13-6-7-13;/h1,5,8,10,13,16H,4,6-7,9,11H2,2H3;1H. The molecule has 0 bridgehead atoms. The van der Waals surface area contributed by atoms with Crippen LogP contribution in [0.25, 0.3) is 0 Å². The molecule has 0 amide bonds. The van der Waals surface area contributed by atoms with Crippen LogP contribution >= 0.6 is 12.4 Å². The molecule has 3 nitrogen and oxygen atoms in total. The molecule has 0 saturated heterocycles. The summed E-state index contributed by atoms with van der Waals surface area (Å²) >= 11 is 0. The minimum absolute atomic E-state index is 0. The van der Waals surface area contributed by atoms with E-state index in [2.05, 4.69) is 11.2 Å². The molecule has 0 heterocycles. The van der Waals surface area contributed by atoms with Crippen molar-refractivity contribution in [3.8, 4) is 23.8 Å². The van der Waals surface area contributed by atoms with Crippen LogP contribution in [0, 0.1) is 12.3 Å². The van der Waals surface area contributed by atoms with E-state index in [0.717, 1.165) is 12.3 Å². The summed E-state index contributed by atoms with van der Waals surface area (Å²) in [6.07, 6.45) is 7.78. The number of rotatable bonds is 7. The van der Waals surface area contributed by atoms with Crippen molar-refractivity contribution in [1.29, 1.82) is 0 Å². The summed E-state index contributed by atoms with van der Waals surface area (Å²) in [5.74, 6) is 3.94. The maximum atomic E-state index is 5.58. The van der Waals surface area contributed by atoms with Crippen molar-refractivity contribution in [2.24, 2.45) is 0 Å². The number of hydrogen-bond acceptors (Lipinski definition) is 3. The molecular formula is C15H20ClNO2. The van der Waals surface area contributed by atoms with Crippen molar-refractivity contribution in [2.75, 3.05) is 13.2 Å². The first-order chi connectivity index (χ1) is 8.83. The summed E-state index contributed by atoms with van der Waals surface area (Å²) in [5.41, 5.74) is 1.21. The minimum Gasteiger partial charge on any atom is -0.490 e. The van der Waals surface area contributed by atoms with Gasteiger partial charge in [-0.2, -0.15) is 0 Å². The predicted octanol–water partition coefficient (Wildman–Crippen LogP) is 2.77. The normalized spacial score (nSPS) is 13.3. The molecule has 1 saturated carbocycles. The van der Waals surface area contributed by atoms with E-state index in [0.29, 0.717) is 18.4 Å². The van der Waals surface area contributed by atoms with Crippen LogP contribution in [0.2, 0.25) is 0 Å². The Labute approximate surface area is 121 Å². The quantitative estimate of drug-likeness (QED) is 0.780. The topological polar surface area (TPSA) is 30.5 Å². The zero-order chi connectivity index (χ0) is 12.8. The third-order valence-electron chi connectivity index (χ3n) is 2.79. The van der Waals surface area contributed by atoms with Crippen molar-refractivity contribution >= 4 is 12.4 Å². The Morgan fingerprint density at radius 1 is 1.32 bits per heavy atom. The summed E-state index contributed by atoms with van der Waals surface area (Å²) in [4.78, 5) is 0. The zero-order valence-electron chi connectivity index (χ0n) is 11.1. The highest BCUT2D eigenvalue weighted by atomic mass is 35.5. The smallest absolute Gasteiger partial charge is 0.162 e. The Bertz CT molecular complexity index is 438. The maximum absolute atomic E-state index is 5.58. The van der Waals surface area contributed by atoms with E-state index >= 15 is 0 Å². The number of benzene rings is 1. The van der Waals surface area contributed by atoms with Gasteiger partial charge >= 0.3 is 0 Å². The summed E-state index contributed by atoms with van der Waals surface area (Å²) < 4.78 is 11.0. The molecule has 0 aliphatic heterocycles. The van der Waals surface area contributed by atoms with Gasteiger partial charge in [0, 0.05) is 12.6 Å². The molecule has 4 heteroatoms. The van der Waals surface area contributed by atoms with Crippen LogP contribution < -0.4 is 14.8 Å². The first-order valence-corrected chi connectivity index (χ1v) is 6.39. The fourth-order valence-corrected chi connectivity index (χ4v) is 1.72. The molecule has 1 aromatic rings. The van der Waals surface area contributed by atoms with Crippen LogP contribution in [0.5, 0.6) is 11.5 Å². The highest BCUT2D eigenvalue weighted by Crippen LogP contribution is 2.29. The second-order valence-electron chi connectivity index (χ2n) is 4.36. The lowest BCUT2D eigenvalue weighted by atomic mass is 10.2.